The molecule has 6 N–H and O–H groups in total. The van der Waals surface area contributed by atoms with E-state index in [4.69, 9.17) is 16.2 Å². The van der Waals surface area contributed by atoms with Gasteiger partial charge in [-0.1, -0.05) is 38.8 Å². The number of carbonyl (C=O) groups excluding carboxylic acids is 1. The fourth-order valence-electron chi connectivity index (χ4n) is 3.02. The van der Waals surface area contributed by atoms with E-state index < -0.39 is 5.91 Å². The molecule has 0 aliphatic rings. The van der Waals surface area contributed by atoms with Crippen LogP contribution < -0.4 is 21.5 Å². The highest BCUT2D eigenvalue weighted by Gasteiger charge is 2.15. The molecule has 8 heteroatoms. The molecule has 0 fully saturated rings. The summed E-state index contributed by atoms with van der Waals surface area (Å²) < 4.78 is 5.93. The second-order valence-corrected chi connectivity index (χ2v) is 6.56. The van der Waals surface area contributed by atoms with Crippen LogP contribution >= 0.6 is 0 Å². The molecule has 1 unspecified atom stereocenters. The van der Waals surface area contributed by atoms with Crippen molar-refractivity contribution in [2.24, 2.45) is 5.73 Å². The Morgan fingerprint density at radius 1 is 1.36 bits per heavy atom. The zero-order chi connectivity index (χ0) is 20.5. The maximum atomic E-state index is 11.7. The first kappa shape index (κ1) is 21.4. The maximum absolute atomic E-state index is 11.7. The summed E-state index contributed by atoms with van der Waals surface area (Å²) >= 11 is 0. The summed E-state index contributed by atoms with van der Waals surface area (Å²) in [5.74, 6) is 0.521. The second kappa shape index (κ2) is 10.5. The Labute approximate surface area is 165 Å². The first-order valence-corrected chi connectivity index (χ1v) is 9.53. The van der Waals surface area contributed by atoms with E-state index in [2.05, 4.69) is 22.2 Å². The third-order valence-electron chi connectivity index (χ3n) is 4.52. The molecule has 0 bridgehead atoms. The highest BCUT2D eigenvalue weighted by molar-refractivity contribution is 5.94. The number of hydrogen-bond acceptors (Lipinski definition) is 7. The average molecular weight is 387 g/mol. The summed E-state index contributed by atoms with van der Waals surface area (Å²) in [6.07, 6.45) is 4.97. The van der Waals surface area contributed by atoms with Gasteiger partial charge < -0.3 is 26.6 Å². The van der Waals surface area contributed by atoms with Crippen LogP contribution in [-0.2, 0) is 13.0 Å². The fraction of sp³-hybridized carbons (Fsp3) is 0.450. The van der Waals surface area contributed by atoms with Gasteiger partial charge in [-0.2, -0.15) is 4.98 Å². The summed E-state index contributed by atoms with van der Waals surface area (Å²) in [5, 5.41) is 12.8. The van der Waals surface area contributed by atoms with Crippen molar-refractivity contribution in [3.05, 3.63) is 41.1 Å². The molecule has 0 spiro atoms. The van der Waals surface area contributed by atoms with E-state index in [1.165, 1.54) is 6.20 Å². The van der Waals surface area contributed by atoms with Crippen molar-refractivity contribution in [3.8, 4) is 5.75 Å². The lowest BCUT2D eigenvalue weighted by molar-refractivity contribution is 0.0999. The Balaban J connectivity index is 2.21. The van der Waals surface area contributed by atoms with Crippen LogP contribution in [0.25, 0.3) is 0 Å². The highest BCUT2D eigenvalue weighted by Crippen LogP contribution is 2.25. The number of aliphatic hydroxyl groups is 1. The minimum Gasteiger partial charge on any atom is -0.483 e. The topological polar surface area (TPSA) is 136 Å². The van der Waals surface area contributed by atoms with Gasteiger partial charge in [-0.3, -0.25) is 4.79 Å². The molecule has 0 radical (unpaired) electrons. The van der Waals surface area contributed by atoms with Crippen LogP contribution in [-0.4, -0.2) is 33.6 Å². The number of unbranched alkanes of at least 4 members (excludes halogenated alkanes) is 1. The van der Waals surface area contributed by atoms with Crippen LogP contribution in [0.5, 0.6) is 5.75 Å². The molecule has 28 heavy (non-hydrogen) atoms. The Morgan fingerprint density at radius 3 is 2.79 bits per heavy atom. The second-order valence-electron chi connectivity index (χ2n) is 6.56. The molecule has 2 rings (SSSR count). The van der Waals surface area contributed by atoms with E-state index in [9.17, 15) is 9.90 Å². The van der Waals surface area contributed by atoms with Gasteiger partial charge in [0.15, 0.2) is 11.6 Å². The predicted octanol–water partition coefficient (Wildman–Crippen LogP) is 2.26. The molecule has 152 valence electrons. The number of nitrogen functional groups attached to an aromatic ring is 1. The lowest BCUT2D eigenvalue weighted by Gasteiger charge is -2.19. The number of primary amides is 1. The monoisotopic (exact) mass is 387 g/mol. The van der Waals surface area contributed by atoms with E-state index in [0.29, 0.717) is 23.6 Å². The first-order chi connectivity index (χ1) is 13.5. The summed E-state index contributed by atoms with van der Waals surface area (Å²) in [6, 6.07) is 5.24. The van der Waals surface area contributed by atoms with Crippen LogP contribution in [0.4, 0.5) is 11.8 Å². The molecule has 2 aromatic rings. The van der Waals surface area contributed by atoms with Crippen molar-refractivity contribution in [2.45, 2.75) is 52.2 Å². The molecule has 1 aromatic carbocycles. The van der Waals surface area contributed by atoms with Crippen molar-refractivity contribution in [1.82, 2.24) is 9.97 Å². The number of aliphatic hydroxyl groups excluding tert-OH is 1. The van der Waals surface area contributed by atoms with Crippen LogP contribution in [0.3, 0.4) is 0 Å². The molecule has 0 aliphatic heterocycles. The summed E-state index contributed by atoms with van der Waals surface area (Å²) in [6.45, 7) is 4.26. The van der Waals surface area contributed by atoms with E-state index >= 15 is 0 Å². The predicted molar refractivity (Wildman–Crippen MR) is 109 cm³/mol. The molecule has 0 saturated carbocycles. The standard InChI is InChI=1S/C20H29N5O3/c1-3-5-8-14(11-26)24-19-17(10-23-20(22)25-19)28-12-13-7-6-9-16(18(21)27)15(13)4-2/h6-7,9-10,14,26H,3-5,8,11-12H2,1-2H3,(H2,21,27)(H3,22,23,24,25). The molecular formula is C20H29N5O3. The van der Waals surface area contributed by atoms with E-state index in [1.54, 1.807) is 12.1 Å². The van der Waals surface area contributed by atoms with E-state index in [0.717, 1.165) is 30.4 Å². The van der Waals surface area contributed by atoms with Crippen molar-refractivity contribution in [3.63, 3.8) is 0 Å². The molecule has 0 saturated heterocycles. The number of amides is 1. The largest absolute Gasteiger partial charge is 0.483 e. The van der Waals surface area contributed by atoms with Crippen LogP contribution in [0, 0.1) is 0 Å². The minimum atomic E-state index is -0.460. The van der Waals surface area contributed by atoms with Gasteiger partial charge in [0, 0.05) is 5.56 Å². The van der Waals surface area contributed by atoms with Gasteiger partial charge in [-0.25, -0.2) is 4.98 Å². The van der Waals surface area contributed by atoms with Gasteiger partial charge in [0.05, 0.1) is 18.8 Å². The quantitative estimate of drug-likeness (QED) is 0.464. The molecule has 1 amide bonds. The number of anilines is 2. The van der Waals surface area contributed by atoms with Crippen LogP contribution in [0.1, 0.15) is 54.6 Å². The number of aromatic nitrogens is 2. The number of ether oxygens (including phenoxy) is 1. The summed E-state index contributed by atoms with van der Waals surface area (Å²) in [5.41, 5.74) is 13.4. The minimum absolute atomic E-state index is 0.0238. The maximum Gasteiger partial charge on any atom is 0.248 e. The van der Waals surface area contributed by atoms with Gasteiger partial charge in [0.1, 0.15) is 6.61 Å². The SMILES string of the molecule is CCCCC(CO)Nc1nc(N)ncc1OCc1cccc(C(N)=O)c1CC. The van der Waals surface area contributed by atoms with Crippen molar-refractivity contribution in [2.75, 3.05) is 17.7 Å². The Bertz CT molecular complexity index is 797. The fourth-order valence-corrected chi connectivity index (χ4v) is 3.02. The molecule has 0 aliphatic carbocycles. The normalized spacial score (nSPS) is 11.8. The van der Waals surface area contributed by atoms with Gasteiger partial charge in [0.25, 0.3) is 0 Å². The number of hydrogen-bond donors (Lipinski definition) is 4. The molecule has 1 atom stereocenters. The average Bonchev–Trinajstić information content (AvgIpc) is 2.69. The molecule has 8 nitrogen and oxygen atoms in total. The summed E-state index contributed by atoms with van der Waals surface area (Å²) in [7, 11) is 0. The Kier molecular flexibility index (Phi) is 8.01. The van der Waals surface area contributed by atoms with E-state index in [-0.39, 0.29) is 25.2 Å². The lowest BCUT2D eigenvalue weighted by atomic mass is 9.99. The molecule has 1 heterocycles. The van der Waals surface area contributed by atoms with Crippen molar-refractivity contribution in [1.29, 1.82) is 0 Å². The zero-order valence-corrected chi connectivity index (χ0v) is 16.4. The number of rotatable bonds is 11. The van der Waals surface area contributed by atoms with Gasteiger partial charge in [-0.15, -0.1) is 0 Å². The smallest absolute Gasteiger partial charge is 0.248 e. The first-order valence-electron chi connectivity index (χ1n) is 9.53. The lowest BCUT2D eigenvalue weighted by Crippen LogP contribution is -2.25. The number of carbonyl (C=O) groups is 1. The third-order valence-corrected chi connectivity index (χ3v) is 4.52. The van der Waals surface area contributed by atoms with Crippen LogP contribution in [0.15, 0.2) is 24.4 Å². The third kappa shape index (κ3) is 5.56. The Hall–Kier alpha value is -2.87. The molecular weight excluding hydrogens is 358 g/mol. The van der Waals surface area contributed by atoms with E-state index in [1.807, 2.05) is 13.0 Å². The summed E-state index contributed by atoms with van der Waals surface area (Å²) in [4.78, 5) is 19.9. The number of nitrogens with one attached hydrogen (secondary N) is 1. The number of benzene rings is 1. The molecule has 1 aromatic heterocycles. The zero-order valence-electron chi connectivity index (χ0n) is 16.4. The van der Waals surface area contributed by atoms with Crippen molar-refractivity contribution >= 4 is 17.7 Å². The number of nitrogens with zero attached hydrogens (tertiary/aromatic N) is 2. The highest BCUT2D eigenvalue weighted by atomic mass is 16.5. The Morgan fingerprint density at radius 2 is 2.14 bits per heavy atom. The van der Waals surface area contributed by atoms with Gasteiger partial charge >= 0.3 is 0 Å². The van der Waals surface area contributed by atoms with Gasteiger partial charge in [0.2, 0.25) is 11.9 Å². The van der Waals surface area contributed by atoms with Gasteiger partial charge in [-0.05, 0) is 30.0 Å². The van der Waals surface area contributed by atoms with Crippen molar-refractivity contribution < 1.29 is 14.6 Å². The van der Waals surface area contributed by atoms with Crippen LogP contribution in [0.2, 0.25) is 0 Å². The number of nitrogens with two attached hydrogens (primary N) is 2.